The number of non-ortho nitro benzene ring substituents is 1. The number of nitrogens with zero attached hydrogens (tertiary/aromatic N) is 2. The van der Waals surface area contributed by atoms with E-state index in [4.69, 9.17) is 15.2 Å². The van der Waals surface area contributed by atoms with E-state index in [-0.39, 0.29) is 40.4 Å². The Hall–Kier alpha value is -4.72. The average molecular weight is 483 g/mol. The smallest absolute Gasteiger partial charge is 0.343 e. The van der Waals surface area contributed by atoms with Crippen LogP contribution in [0.1, 0.15) is 33.4 Å². The fourth-order valence-corrected chi connectivity index (χ4v) is 4.75. The quantitative estimate of drug-likeness (QED) is 0.214. The Labute approximate surface area is 206 Å². The summed E-state index contributed by atoms with van der Waals surface area (Å²) in [5.41, 5.74) is 14.1. The zero-order chi connectivity index (χ0) is 25.2. The van der Waals surface area contributed by atoms with Crippen molar-refractivity contribution >= 4 is 11.7 Å². The molecule has 3 aromatic carbocycles. The predicted octanol–water partition coefficient (Wildman–Crippen LogP) is 3.41. The molecule has 1 saturated heterocycles. The van der Waals surface area contributed by atoms with Gasteiger partial charge in [0.2, 0.25) is 5.88 Å². The monoisotopic (exact) mass is 483 g/mol. The molecule has 0 aromatic heterocycles. The van der Waals surface area contributed by atoms with Crippen molar-refractivity contribution < 1.29 is 19.2 Å². The van der Waals surface area contributed by atoms with Crippen molar-refractivity contribution in [2.75, 3.05) is 0 Å². The molecule has 4 N–H and O–H groups in total. The Balaban J connectivity index is 1.55. The number of allylic oxidation sites excluding steroid dienone is 1. The van der Waals surface area contributed by atoms with Gasteiger partial charge >= 0.3 is 5.97 Å². The van der Waals surface area contributed by atoms with E-state index in [9.17, 15) is 20.2 Å². The first-order valence-corrected chi connectivity index (χ1v) is 11.2. The van der Waals surface area contributed by atoms with E-state index in [2.05, 4.69) is 16.9 Å². The van der Waals surface area contributed by atoms with Gasteiger partial charge in [0.1, 0.15) is 11.8 Å². The molecule has 2 aliphatic rings. The summed E-state index contributed by atoms with van der Waals surface area (Å²) >= 11 is 0. The van der Waals surface area contributed by atoms with E-state index in [1.165, 1.54) is 18.2 Å². The van der Waals surface area contributed by atoms with Crippen molar-refractivity contribution in [3.63, 3.8) is 0 Å². The number of carbonyl (C=O) groups excluding carboxylic acids is 1. The molecule has 2 aliphatic heterocycles. The van der Waals surface area contributed by atoms with E-state index >= 15 is 0 Å². The predicted molar refractivity (Wildman–Crippen MR) is 128 cm³/mol. The summed E-state index contributed by atoms with van der Waals surface area (Å²) in [6.07, 6.45) is -0.544. The SMILES string of the molecule is N#CC1=C(N)OC2NNC(c3ccccc3)C2C1c1ccccc1OC(=O)c1cccc([N+](=O)[O-])c1. The number of hydrogen-bond donors (Lipinski definition) is 3. The highest BCUT2D eigenvalue weighted by molar-refractivity contribution is 5.92. The lowest BCUT2D eigenvalue weighted by molar-refractivity contribution is -0.384. The lowest BCUT2D eigenvalue weighted by Crippen LogP contribution is -2.41. The molecule has 0 spiro atoms. The lowest BCUT2D eigenvalue weighted by atomic mass is 9.74. The van der Waals surface area contributed by atoms with Crippen LogP contribution in [-0.4, -0.2) is 17.1 Å². The van der Waals surface area contributed by atoms with Crippen molar-refractivity contribution in [3.8, 4) is 11.8 Å². The molecule has 10 heteroatoms. The molecular weight excluding hydrogens is 462 g/mol. The van der Waals surface area contributed by atoms with Crippen molar-refractivity contribution in [2.24, 2.45) is 11.7 Å². The van der Waals surface area contributed by atoms with Crippen molar-refractivity contribution in [1.29, 1.82) is 5.26 Å². The molecule has 180 valence electrons. The number of ether oxygens (including phenoxy) is 2. The minimum atomic E-state index is -0.757. The average Bonchev–Trinajstić information content (AvgIpc) is 3.32. The molecule has 3 aromatic rings. The molecule has 0 bridgehead atoms. The van der Waals surface area contributed by atoms with Crippen LogP contribution in [0.15, 0.2) is 90.3 Å². The fraction of sp³-hybridized carbons (Fsp3) is 0.154. The van der Waals surface area contributed by atoms with Crippen molar-refractivity contribution in [1.82, 2.24) is 10.9 Å². The van der Waals surface area contributed by atoms with Gasteiger partial charge in [0, 0.05) is 29.5 Å². The van der Waals surface area contributed by atoms with Gasteiger partial charge in [0.05, 0.1) is 22.1 Å². The van der Waals surface area contributed by atoms with Gasteiger partial charge in [-0.05, 0) is 17.7 Å². The van der Waals surface area contributed by atoms with Crippen LogP contribution in [0.25, 0.3) is 0 Å². The third kappa shape index (κ3) is 4.13. The number of nitro groups is 1. The molecule has 10 nitrogen and oxygen atoms in total. The molecule has 0 saturated carbocycles. The van der Waals surface area contributed by atoms with Crippen molar-refractivity contribution in [2.45, 2.75) is 18.2 Å². The summed E-state index contributed by atoms with van der Waals surface area (Å²) in [7, 11) is 0. The summed E-state index contributed by atoms with van der Waals surface area (Å²) in [5.74, 6) is -1.43. The van der Waals surface area contributed by atoms with Gasteiger partial charge in [-0.3, -0.25) is 10.1 Å². The topological polar surface area (TPSA) is 153 Å². The second-order valence-electron chi connectivity index (χ2n) is 8.40. The van der Waals surface area contributed by atoms with E-state index in [1.54, 1.807) is 24.3 Å². The lowest BCUT2D eigenvalue weighted by Gasteiger charge is -2.36. The number of rotatable bonds is 5. The number of fused-ring (bicyclic) bond motifs is 1. The van der Waals surface area contributed by atoms with Crippen LogP contribution in [0.3, 0.4) is 0 Å². The Kier molecular flexibility index (Phi) is 6.08. The normalized spacial score (nSPS) is 22.8. The molecule has 4 atom stereocenters. The first-order chi connectivity index (χ1) is 17.5. The molecule has 36 heavy (non-hydrogen) atoms. The zero-order valence-corrected chi connectivity index (χ0v) is 18.8. The Morgan fingerprint density at radius 1 is 1.06 bits per heavy atom. The van der Waals surface area contributed by atoms with Crippen LogP contribution >= 0.6 is 0 Å². The number of esters is 1. The van der Waals surface area contributed by atoms with Gasteiger partial charge in [0.15, 0.2) is 6.23 Å². The number of hydrogen-bond acceptors (Lipinski definition) is 9. The van der Waals surface area contributed by atoms with Crippen LogP contribution in [0, 0.1) is 27.4 Å². The number of para-hydroxylation sites is 1. The third-order valence-corrected chi connectivity index (χ3v) is 6.36. The number of nitriles is 1. The van der Waals surface area contributed by atoms with Gasteiger partial charge in [-0.25, -0.2) is 15.6 Å². The highest BCUT2D eigenvalue weighted by atomic mass is 16.6. The molecule has 1 fully saturated rings. The maximum absolute atomic E-state index is 13.0. The second kappa shape index (κ2) is 9.50. The van der Waals surface area contributed by atoms with Gasteiger partial charge in [-0.15, -0.1) is 0 Å². The Bertz CT molecular complexity index is 1400. The molecular formula is C26H21N5O5. The summed E-state index contributed by atoms with van der Waals surface area (Å²) in [6, 6.07) is 23.8. The Morgan fingerprint density at radius 2 is 1.81 bits per heavy atom. The molecule has 5 rings (SSSR count). The summed E-state index contributed by atoms with van der Waals surface area (Å²) in [6.45, 7) is 0. The van der Waals surface area contributed by atoms with Crippen LogP contribution in [0.5, 0.6) is 5.75 Å². The standard InChI is InChI=1S/C26H21N5O5/c27-14-19-21(22-23(15-7-2-1-3-8-15)29-30-25(22)36-24(19)28)18-11-4-5-12-20(18)35-26(32)16-9-6-10-17(13-16)31(33)34/h1-13,21-23,25,29-30H,28H2. The minimum Gasteiger partial charge on any atom is -0.458 e. The maximum Gasteiger partial charge on any atom is 0.343 e. The number of carbonyl (C=O) groups is 1. The molecule has 2 heterocycles. The number of nitrogens with one attached hydrogen (secondary N) is 2. The van der Waals surface area contributed by atoms with E-state index in [0.717, 1.165) is 11.6 Å². The van der Waals surface area contributed by atoms with Crippen LogP contribution in [0.4, 0.5) is 5.69 Å². The summed E-state index contributed by atoms with van der Waals surface area (Å²) in [4.78, 5) is 23.5. The molecule has 0 amide bonds. The molecule has 0 aliphatic carbocycles. The van der Waals surface area contributed by atoms with Gasteiger partial charge in [0.25, 0.3) is 5.69 Å². The summed E-state index contributed by atoms with van der Waals surface area (Å²) < 4.78 is 11.6. The number of nitro benzene ring substituents is 1. The largest absolute Gasteiger partial charge is 0.458 e. The van der Waals surface area contributed by atoms with Gasteiger partial charge in [-0.1, -0.05) is 54.6 Å². The first kappa shape index (κ1) is 23.0. The third-order valence-electron chi connectivity index (χ3n) is 6.36. The highest BCUT2D eigenvalue weighted by Gasteiger charge is 2.50. The fourth-order valence-electron chi connectivity index (χ4n) is 4.75. The van der Waals surface area contributed by atoms with Crippen LogP contribution in [-0.2, 0) is 4.74 Å². The minimum absolute atomic E-state index is 0.00780. The van der Waals surface area contributed by atoms with E-state index in [1.807, 2.05) is 30.3 Å². The maximum atomic E-state index is 13.0. The zero-order valence-electron chi connectivity index (χ0n) is 18.8. The van der Waals surface area contributed by atoms with E-state index in [0.29, 0.717) is 5.56 Å². The van der Waals surface area contributed by atoms with Crippen LogP contribution < -0.4 is 21.3 Å². The van der Waals surface area contributed by atoms with E-state index < -0.39 is 23.0 Å². The summed E-state index contributed by atoms with van der Waals surface area (Å²) in [5, 5.41) is 21.2. The highest BCUT2D eigenvalue weighted by Crippen LogP contribution is 2.49. The second-order valence-corrected chi connectivity index (χ2v) is 8.40. The molecule has 4 unspecified atom stereocenters. The van der Waals surface area contributed by atoms with Gasteiger partial charge in [-0.2, -0.15) is 5.26 Å². The van der Waals surface area contributed by atoms with Crippen molar-refractivity contribution in [3.05, 3.63) is 117 Å². The number of nitrogens with two attached hydrogens (primary N) is 1. The number of hydrazine groups is 1. The Morgan fingerprint density at radius 3 is 2.56 bits per heavy atom. The molecule has 0 radical (unpaired) electrons. The van der Waals surface area contributed by atoms with Gasteiger partial charge < -0.3 is 15.2 Å². The first-order valence-electron chi connectivity index (χ1n) is 11.2. The van der Waals surface area contributed by atoms with Crippen LogP contribution in [0.2, 0.25) is 0 Å². The number of benzene rings is 3.